The lowest BCUT2D eigenvalue weighted by molar-refractivity contribution is -0.117. The van der Waals surface area contributed by atoms with Crippen molar-refractivity contribution in [3.63, 3.8) is 0 Å². The van der Waals surface area contributed by atoms with E-state index in [0.717, 1.165) is 27.0 Å². The summed E-state index contributed by atoms with van der Waals surface area (Å²) in [5.74, 6) is 0.342. The van der Waals surface area contributed by atoms with Gasteiger partial charge in [0.15, 0.2) is 0 Å². The number of imidazole rings is 1. The molecule has 7 heteroatoms. The van der Waals surface area contributed by atoms with Crippen molar-refractivity contribution in [2.45, 2.75) is 18.9 Å². The van der Waals surface area contributed by atoms with Crippen LogP contribution < -0.4 is 4.90 Å². The van der Waals surface area contributed by atoms with Crippen LogP contribution >= 0.6 is 27.5 Å². The number of carbonyl (C=O) groups is 1. The number of hydrogen-bond donors (Lipinski definition) is 0. The molecule has 5 rings (SSSR count). The predicted octanol–water partition coefficient (Wildman–Crippen LogP) is 6.16. The van der Waals surface area contributed by atoms with Crippen molar-refractivity contribution in [1.29, 1.82) is 0 Å². The molecular formula is C24H18BrClFN3O. The maximum Gasteiger partial charge on any atom is 0.227 e. The normalized spacial score (nSPS) is 16.4. The van der Waals surface area contributed by atoms with Gasteiger partial charge in [0.05, 0.1) is 23.3 Å². The molecule has 1 unspecified atom stereocenters. The number of para-hydroxylation sites is 3. The zero-order chi connectivity index (χ0) is 21.5. The molecule has 1 aromatic heterocycles. The standard InChI is InChI=1S/C24H18BrClFN3O/c25-17-6-1-3-10-21(17)29-13-15(12-23(29)31)24-28-20-9-2-4-11-22(20)30(24)14-16-18(26)7-5-8-19(16)27/h1-11,15H,12-14H2. The Balaban J connectivity index is 1.57. The van der Waals surface area contributed by atoms with E-state index in [1.165, 1.54) is 6.07 Å². The summed E-state index contributed by atoms with van der Waals surface area (Å²) in [7, 11) is 0. The van der Waals surface area contributed by atoms with Crippen LogP contribution in [0.25, 0.3) is 11.0 Å². The highest BCUT2D eigenvalue weighted by Gasteiger charge is 2.35. The fourth-order valence-corrected chi connectivity index (χ4v) is 4.92. The number of halogens is 3. The van der Waals surface area contributed by atoms with Crippen LogP contribution in [0.4, 0.5) is 10.1 Å². The number of aromatic nitrogens is 2. The molecule has 0 bridgehead atoms. The minimum atomic E-state index is -0.353. The summed E-state index contributed by atoms with van der Waals surface area (Å²) in [4.78, 5) is 19.5. The Morgan fingerprint density at radius 1 is 1.06 bits per heavy atom. The second-order valence-corrected chi connectivity index (χ2v) is 8.86. The molecule has 1 amide bonds. The number of carbonyl (C=O) groups excluding carboxylic acids is 1. The average molecular weight is 499 g/mol. The highest BCUT2D eigenvalue weighted by molar-refractivity contribution is 9.10. The summed E-state index contributed by atoms with van der Waals surface area (Å²) in [6.07, 6.45) is 0.343. The Morgan fingerprint density at radius 2 is 1.84 bits per heavy atom. The molecule has 1 aliphatic rings. The summed E-state index contributed by atoms with van der Waals surface area (Å²) >= 11 is 9.85. The largest absolute Gasteiger partial charge is 0.323 e. The molecule has 156 valence electrons. The molecule has 0 saturated carbocycles. The van der Waals surface area contributed by atoms with Gasteiger partial charge >= 0.3 is 0 Å². The smallest absolute Gasteiger partial charge is 0.227 e. The number of fused-ring (bicyclic) bond motifs is 1. The molecule has 3 aromatic carbocycles. The number of hydrogen-bond acceptors (Lipinski definition) is 2. The van der Waals surface area contributed by atoms with Crippen LogP contribution in [0.15, 0.2) is 71.2 Å². The van der Waals surface area contributed by atoms with Crippen LogP contribution in [0.3, 0.4) is 0 Å². The van der Waals surface area contributed by atoms with Gasteiger partial charge in [-0.1, -0.05) is 41.9 Å². The van der Waals surface area contributed by atoms with Gasteiger partial charge in [0.25, 0.3) is 0 Å². The lowest BCUT2D eigenvalue weighted by Gasteiger charge is -2.19. The number of rotatable bonds is 4. The molecule has 4 aromatic rings. The molecule has 1 saturated heterocycles. The lowest BCUT2D eigenvalue weighted by Crippen LogP contribution is -2.25. The highest BCUT2D eigenvalue weighted by Crippen LogP contribution is 2.36. The van der Waals surface area contributed by atoms with Gasteiger partial charge in [-0.25, -0.2) is 9.37 Å². The molecule has 0 aliphatic carbocycles. The van der Waals surface area contributed by atoms with Crippen LogP contribution in [0.2, 0.25) is 5.02 Å². The number of amides is 1. The third kappa shape index (κ3) is 3.64. The Hall–Kier alpha value is -2.70. The minimum Gasteiger partial charge on any atom is -0.323 e. The van der Waals surface area contributed by atoms with E-state index in [1.807, 2.05) is 53.1 Å². The summed E-state index contributed by atoms with van der Waals surface area (Å²) < 4.78 is 17.4. The zero-order valence-corrected chi connectivity index (χ0v) is 18.8. The van der Waals surface area contributed by atoms with Gasteiger partial charge in [-0.3, -0.25) is 4.79 Å². The van der Waals surface area contributed by atoms with Crippen LogP contribution in [0.5, 0.6) is 0 Å². The molecule has 1 aliphatic heterocycles. The summed E-state index contributed by atoms with van der Waals surface area (Å²) in [6.45, 7) is 0.761. The third-order valence-electron chi connectivity index (χ3n) is 5.70. The van der Waals surface area contributed by atoms with E-state index in [9.17, 15) is 9.18 Å². The average Bonchev–Trinajstić information content (AvgIpc) is 3.32. The van der Waals surface area contributed by atoms with Crippen LogP contribution in [-0.2, 0) is 11.3 Å². The molecule has 31 heavy (non-hydrogen) atoms. The molecule has 2 heterocycles. The summed E-state index contributed by atoms with van der Waals surface area (Å²) in [5.41, 5.74) is 2.97. The van der Waals surface area contributed by atoms with Gasteiger partial charge in [0.2, 0.25) is 5.91 Å². The molecule has 0 N–H and O–H groups in total. The lowest BCUT2D eigenvalue weighted by atomic mass is 10.1. The van der Waals surface area contributed by atoms with E-state index in [4.69, 9.17) is 16.6 Å². The van der Waals surface area contributed by atoms with Gasteiger partial charge < -0.3 is 9.47 Å². The van der Waals surface area contributed by atoms with Crippen molar-refractivity contribution in [2.75, 3.05) is 11.4 Å². The quantitative estimate of drug-likeness (QED) is 0.338. The zero-order valence-electron chi connectivity index (χ0n) is 16.4. The highest BCUT2D eigenvalue weighted by atomic mass is 79.9. The van der Waals surface area contributed by atoms with Crippen molar-refractivity contribution in [1.82, 2.24) is 9.55 Å². The van der Waals surface area contributed by atoms with Gasteiger partial charge in [-0.05, 0) is 52.3 Å². The Bertz CT molecular complexity index is 1280. The number of anilines is 1. The van der Waals surface area contributed by atoms with Gasteiger partial charge in [-0.2, -0.15) is 0 Å². The van der Waals surface area contributed by atoms with E-state index in [0.29, 0.717) is 23.6 Å². The first-order valence-corrected chi connectivity index (χ1v) is 11.1. The summed E-state index contributed by atoms with van der Waals surface area (Å²) in [6, 6.07) is 20.1. The van der Waals surface area contributed by atoms with E-state index in [1.54, 1.807) is 17.0 Å². The number of nitrogens with zero attached hydrogens (tertiary/aromatic N) is 3. The molecule has 1 fully saturated rings. The second kappa shape index (κ2) is 8.09. The van der Waals surface area contributed by atoms with E-state index in [-0.39, 0.29) is 24.2 Å². The maximum absolute atomic E-state index is 14.6. The first kappa shape index (κ1) is 20.2. The molecule has 0 spiro atoms. The van der Waals surface area contributed by atoms with E-state index in [2.05, 4.69) is 15.9 Å². The van der Waals surface area contributed by atoms with E-state index >= 15 is 0 Å². The second-order valence-electron chi connectivity index (χ2n) is 7.60. The molecule has 1 atom stereocenters. The molecule has 4 nitrogen and oxygen atoms in total. The fraction of sp³-hybridized carbons (Fsp3) is 0.167. The Morgan fingerprint density at radius 3 is 2.65 bits per heavy atom. The van der Waals surface area contributed by atoms with Crippen LogP contribution in [-0.4, -0.2) is 22.0 Å². The van der Waals surface area contributed by atoms with Crippen molar-refractivity contribution >= 4 is 50.2 Å². The monoisotopic (exact) mass is 497 g/mol. The first-order chi connectivity index (χ1) is 15.0. The van der Waals surface area contributed by atoms with Crippen molar-refractivity contribution in [3.8, 4) is 0 Å². The van der Waals surface area contributed by atoms with Gasteiger partial charge in [0.1, 0.15) is 11.6 Å². The Kier molecular flexibility index (Phi) is 5.28. The SMILES string of the molecule is O=C1CC(c2nc3ccccc3n2Cc2c(F)cccc2Cl)CN1c1ccccc1Br. The maximum atomic E-state index is 14.6. The van der Waals surface area contributed by atoms with Crippen LogP contribution in [0.1, 0.15) is 23.7 Å². The predicted molar refractivity (Wildman–Crippen MR) is 124 cm³/mol. The summed E-state index contributed by atoms with van der Waals surface area (Å²) in [5, 5.41) is 0.376. The van der Waals surface area contributed by atoms with Gasteiger partial charge in [-0.15, -0.1) is 0 Å². The van der Waals surface area contributed by atoms with Crippen molar-refractivity contribution in [3.05, 3.63) is 93.4 Å². The van der Waals surface area contributed by atoms with Crippen LogP contribution in [0, 0.1) is 5.82 Å². The number of benzene rings is 3. The Labute approximate surface area is 192 Å². The molecule has 0 radical (unpaired) electrons. The minimum absolute atomic E-state index is 0.0411. The third-order valence-corrected chi connectivity index (χ3v) is 6.72. The van der Waals surface area contributed by atoms with E-state index < -0.39 is 0 Å². The first-order valence-electron chi connectivity index (χ1n) is 9.96. The topological polar surface area (TPSA) is 38.1 Å². The molecular weight excluding hydrogens is 481 g/mol. The fourth-order valence-electron chi connectivity index (χ4n) is 4.20. The van der Waals surface area contributed by atoms with Gasteiger partial charge in [0, 0.05) is 33.9 Å². The van der Waals surface area contributed by atoms with Crippen molar-refractivity contribution < 1.29 is 9.18 Å². The van der Waals surface area contributed by atoms with Crippen molar-refractivity contribution in [2.24, 2.45) is 0 Å².